The summed E-state index contributed by atoms with van der Waals surface area (Å²) in [5.74, 6) is 0.845. The van der Waals surface area contributed by atoms with Gasteiger partial charge >= 0.3 is 0 Å². The standard InChI is InChI=1S/C19H20FN7O/c20-14-3-1-2-13(12-14)18(28)25-17-5-9-23-27(17)15-6-10-26(11-7-15)19-22-8-4-16(21)24-19/h1-5,8-9,12,15H,6-7,10-11H2,(H,25,28)(H2,21,22,24). The van der Waals surface area contributed by atoms with Gasteiger partial charge in [0.1, 0.15) is 17.5 Å². The summed E-state index contributed by atoms with van der Waals surface area (Å²) >= 11 is 0. The van der Waals surface area contributed by atoms with E-state index in [-0.39, 0.29) is 17.5 Å². The number of aromatic nitrogens is 4. The van der Waals surface area contributed by atoms with Crippen LogP contribution in [0.15, 0.2) is 48.8 Å². The molecule has 0 aliphatic carbocycles. The summed E-state index contributed by atoms with van der Waals surface area (Å²) in [5, 5.41) is 7.20. The third-order valence-electron chi connectivity index (χ3n) is 4.76. The lowest BCUT2D eigenvalue weighted by atomic mass is 10.1. The van der Waals surface area contributed by atoms with Crippen LogP contribution in [0.3, 0.4) is 0 Å². The summed E-state index contributed by atoms with van der Waals surface area (Å²) in [6.45, 7) is 1.51. The van der Waals surface area contributed by atoms with Gasteiger partial charge in [-0.3, -0.25) is 4.79 Å². The van der Waals surface area contributed by atoms with E-state index in [1.165, 1.54) is 18.2 Å². The van der Waals surface area contributed by atoms with E-state index in [9.17, 15) is 9.18 Å². The lowest BCUT2D eigenvalue weighted by Crippen LogP contribution is -2.36. The fraction of sp³-hybridized carbons (Fsp3) is 0.263. The molecule has 1 aromatic carbocycles. The highest BCUT2D eigenvalue weighted by atomic mass is 19.1. The summed E-state index contributed by atoms with van der Waals surface area (Å²) in [5.41, 5.74) is 6.00. The molecule has 3 aromatic rings. The third-order valence-corrected chi connectivity index (χ3v) is 4.76. The van der Waals surface area contributed by atoms with Crippen LogP contribution in [0.5, 0.6) is 0 Å². The van der Waals surface area contributed by atoms with Crippen LogP contribution >= 0.6 is 0 Å². The number of hydrogen-bond acceptors (Lipinski definition) is 6. The van der Waals surface area contributed by atoms with Crippen LogP contribution in [0.1, 0.15) is 29.2 Å². The molecule has 2 aromatic heterocycles. The second-order valence-electron chi connectivity index (χ2n) is 6.63. The number of nitrogens with one attached hydrogen (secondary N) is 1. The molecule has 3 N–H and O–H groups in total. The molecule has 0 atom stereocenters. The first-order chi connectivity index (χ1) is 13.6. The van der Waals surface area contributed by atoms with Crippen molar-refractivity contribution in [2.75, 3.05) is 29.0 Å². The van der Waals surface area contributed by atoms with Gasteiger partial charge in [0.15, 0.2) is 0 Å². The Hall–Kier alpha value is -3.49. The molecule has 0 spiro atoms. The maximum Gasteiger partial charge on any atom is 0.256 e. The number of nitrogens with zero attached hydrogens (tertiary/aromatic N) is 5. The number of carbonyl (C=O) groups excluding carboxylic acids is 1. The van der Waals surface area contributed by atoms with Gasteiger partial charge in [0.05, 0.1) is 12.2 Å². The molecule has 1 aliphatic rings. The molecule has 1 saturated heterocycles. The van der Waals surface area contributed by atoms with Crippen molar-refractivity contribution in [2.24, 2.45) is 0 Å². The van der Waals surface area contributed by atoms with Crippen LogP contribution in [0.2, 0.25) is 0 Å². The van der Waals surface area contributed by atoms with Crippen LogP contribution in [0, 0.1) is 5.82 Å². The summed E-state index contributed by atoms with van der Waals surface area (Å²) in [6, 6.07) is 9.13. The number of halogens is 1. The molecule has 1 amide bonds. The van der Waals surface area contributed by atoms with E-state index < -0.39 is 5.82 Å². The van der Waals surface area contributed by atoms with Gasteiger partial charge < -0.3 is 16.0 Å². The highest BCUT2D eigenvalue weighted by Crippen LogP contribution is 2.27. The van der Waals surface area contributed by atoms with Crippen molar-refractivity contribution in [3.05, 3.63) is 60.2 Å². The Morgan fingerprint density at radius 2 is 2.00 bits per heavy atom. The smallest absolute Gasteiger partial charge is 0.256 e. The van der Waals surface area contributed by atoms with Gasteiger partial charge in [-0.15, -0.1) is 0 Å². The second kappa shape index (κ2) is 7.63. The largest absolute Gasteiger partial charge is 0.384 e. The van der Waals surface area contributed by atoms with E-state index in [2.05, 4.69) is 25.3 Å². The molecule has 144 valence electrons. The molecule has 0 saturated carbocycles. The number of piperidine rings is 1. The van der Waals surface area contributed by atoms with E-state index in [1.807, 2.05) is 4.68 Å². The Morgan fingerprint density at radius 3 is 2.75 bits per heavy atom. The molecule has 0 bridgehead atoms. The fourth-order valence-electron chi connectivity index (χ4n) is 3.35. The third kappa shape index (κ3) is 3.78. The van der Waals surface area contributed by atoms with Gasteiger partial charge in [-0.1, -0.05) is 6.07 Å². The molecule has 28 heavy (non-hydrogen) atoms. The van der Waals surface area contributed by atoms with Gasteiger partial charge in [0.2, 0.25) is 5.95 Å². The molecule has 0 radical (unpaired) electrons. The minimum Gasteiger partial charge on any atom is -0.384 e. The minimum absolute atomic E-state index is 0.134. The van der Waals surface area contributed by atoms with Crippen LogP contribution in [-0.4, -0.2) is 38.7 Å². The van der Waals surface area contributed by atoms with E-state index in [0.717, 1.165) is 25.9 Å². The number of amides is 1. The number of carbonyl (C=O) groups is 1. The maximum atomic E-state index is 13.4. The quantitative estimate of drug-likeness (QED) is 0.720. The highest BCUT2D eigenvalue weighted by Gasteiger charge is 2.24. The molecule has 1 fully saturated rings. The average molecular weight is 381 g/mol. The van der Waals surface area contributed by atoms with Crippen molar-refractivity contribution in [2.45, 2.75) is 18.9 Å². The monoisotopic (exact) mass is 381 g/mol. The van der Waals surface area contributed by atoms with Crippen molar-refractivity contribution in [1.29, 1.82) is 0 Å². The highest BCUT2D eigenvalue weighted by molar-refractivity contribution is 6.03. The molecule has 3 heterocycles. The zero-order valence-electron chi connectivity index (χ0n) is 15.1. The zero-order valence-corrected chi connectivity index (χ0v) is 15.1. The Bertz CT molecular complexity index is 982. The first kappa shape index (κ1) is 17.9. The maximum absolute atomic E-state index is 13.4. The Morgan fingerprint density at radius 1 is 1.18 bits per heavy atom. The predicted molar refractivity (Wildman–Crippen MR) is 104 cm³/mol. The zero-order chi connectivity index (χ0) is 19.5. The van der Waals surface area contributed by atoms with Crippen LogP contribution in [0.4, 0.5) is 22.0 Å². The van der Waals surface area contributed by atoms with Crippen molar-refractivity contribution in [3.8, 4) is 0 Å². The normalized spacial score (nSPS) is 14.8. The first-order valence-corrected chi connectivity index (χ1v) is 9.04. The van der Waals surface area contributed by atoms with Gasteiger partial charge in [-0.2, -0.15) is 10.1 Å². The van der Waals surface area contributed by atoms with Crippen molar-refractivity contribution in [1.82, 2.24) is 19.7 Å². The molecular formula is C19H20FN7O. The van der Waals surface area contributed by atoms with Crippen molar-refractivity contribution >= 4 is 23.5 Å². The molecule has 9 heteroatoms. The predicted octanol–water partition coefficient (Wildman–Crippen LogP) is 2.49. The number of nitrogens with two attached hydrogens (primary N) is 1. The van der Waals surface area contributed by atoms with E-state index >= 15 is 0 Å². The Kier molecular flexibility index (Phi) is 4.88. The number of rotatable bonds is 4. The second-order valence-corrected chi connectivity index (χ2v) is 6.63. The number of anilines is 3. The summed E-state index contributed by atoms with van der Waals surface area (Å²) in [4.78, 5) is 23.0. The molecule has 0 unspecified atom stereocenters. The average Bonchev–Trinajstić information content (AvgIpc) is 3.16. The molecule has 1 aliphatic heterocycles. The first-order valence-electron chi connectivity index (χ1n) is 9.04. The van der Waals surface area contributed by atoms with Gasteiger partial charge in [-0.25, -0.2) is 14.1 Å². The van der Waals surface area contributed by atoms with Gasteiger partial charge in [0, 0.05) is 30.9 Å². The van der Waals surface area contributed by atoms with E-state index in [4.69, 9.17) is 5.73 Å². The topological polar surface area (TPSA) is 102 Å². The summed E-state index contributed by atoms with van der Waals surface area (Å²) in [7, 11) is 0. The minimum atomic E-state index is -0.447. The SMILES string of the molecule is Nc1ccnc(N2CCC(n3nccc3NC(=O)c3cccc(F)c3)CC2)n1. The Labute approximate surface area is 161 Å². The number of hydrogen-bond donors (Lipinski definition) is 2. The van der Waals surface area contributed by atoms with Crippen molar-refractivity contribution in [3.63, 3.8) is 0 Å². The molecule has 8 nitrogen and oxygen atoms in total. The lowest BCUT2D eigenvalue weighted by molar-refractivity contribution is 0.102. The molecular weight excluding hydrogens is 361 g/mol. The number of nitrogen functional groups attached to an aromatic ring is 1. The van der Waals surface area contributed by atoms with Crippen LogP contribution in [-0.2, 0) is 0 Å². The van der Waals surface area contributed by atoms with E-state index in [0.29, 0.717) is 17.6 Å². The van der Waals surface area contributed by atoms with Crippen molar-refractivity contribution < 1.29 is 9.18 Å². The lowest BCUT2D eigenvalue weighted by Gasteiger charge is -2.32. The summed E-state index contributed by atoms with van der Waals surface area (Å²) < 4.78 is 15.2. The fourth-order valence-corrected chi connectivity index (χ4v) is 3.35. The van der Waals surface area contributed by atoms with Gasteiger partial charge in [-0.05, 0) is 37.1 Å². The van der Waals surface area contributed by atoms with Gasteiger partial charge in [0.25, 0.3) is 5.91 Å². The van der Waals surface area contributed by atoms with Crippen LogP contribution in [0.25, 0.3) is 0 Å². The number of benzene rings is 1. The summed E-state index contributed by atoms with van der Waals surface area (Å²) in [6.07, 6.45) is 4.94. The van der Waals surface area contributed by atoms with E-state index in [1.54, 1.807) is 30.6 Å². The molecule has 4 rings (SSSR count). The Balaban J connectivity index is 1.43. The van der Waals surface area contributed by atoms with Crippen LogP contribution < -0.4 is 16.0 Å².